The molecule has 1 aliphatic rings. The van der Waals surface area contributed by atoms with Gasteiger partial charge in [-0.3, -0.25) is 4.79 Å². The minimum atomic E-state index is -0.501. The molecule has 0 saturated carbocycles. The van der Waals surface area contributed by atoms with Crippen LogP contribution in [0, 0.1) is 5.92 Å². The minimum Gasteiger partial charge on any atom is -0.466 e. The fourth-order valence-electron chi connectivity index (χ4n) is 2.69. The number of carbonyl (C=O) groups excluding carboxylic acids is 1. The fraction of sp³-hybridized carbons (Fsp3) is 0.917. The monoisotopic (exact) mass is 228 g/mol. The summed E-state index contributed by atoms with van der Waals surface area (Å²) in [6.45, 7) is 9.73. The van der Waals surface area contributed by atoms with E-state index in [1.165, 1.54) is 0 Å². The molecule has 93 valence electrons. The molecule has 1 radical (unpaired) electrons. The SMILES string of the molecule is CCOC(=O)C1CC(C)(C)N([O])C(C)(C)C1. The van der Waals surface area contributed by atoms with Gasteiger partial charge in [-0.25, -0.2) is 0 Å². The van der Waals surface area contributed by atoms with Crippen molar-refractivity contribution in [1.82, 2.24) is 5.06 Å². The van der Waals surface area contributed by atoms with Crippen LogP contribution in [0.15, 0.2) is 0 Å². The molecule has 0 aromatic heterocycles. The smallest absolute Gasteiger partial charge is 0.309 e. The Morgan fingerprint density at radius 1 is 1.25 bits per heavy atom. The quantitative estimate of drug-likeness (QED) is 0.680. The Hall–Kier alpha value is -0.610. The van der Waals surface area contributed by atoms with Crippen LogP contribution in [-0.2, 0) is 14.7 Å². The van der Waals surface area contributed by atoms with Crippen molar-refractivity contribution in [2.24, 2.45) is 5.92 Å². The first kappa shape index (κ1) is 13.5. The third-order valence-corrected chi connectivity index (χ3v) is 3.21. The molecule has 1 rings (SSSR count). The molecule has 0 aromatic rings. The van der Waals surface area contributed by atoms with Crippen molar-refractivity contribution in [3.05, 3.63) is 0 Å². The topological polar surface area (TPSA) is 49.4 Å². The minimum absolute atomic E-state index is 0.157. The number of hydrogen-bond donors (Lipinski definition) is 0. The van der Waals surface area contributed by atoms with Crippen LogP contribution in [0.3, 0.4) is 0 Å². The summed E-state index contributed by atoms with van der Waals surface area (Å²) in [7, 11) is 0. The highest BCUT2D eigenvalue weighted by atomic mass is 16.5. The molecule has 0 atom stereocenters. The van der Waals surface area contributed by atoms with Crippen molar-refractivity contribution < 1.29 is 14.7 Å². The summed E-state index contributed by atoms with van der Waals surface area (Å²) in [5.41, 5.74) is -1.00. The lowest BCUT2D eigenvalue weighted by Crippen LogP contribution is -2.59. The summed E-state index contributed by atoms with van der Waals surface area (Å²) >= 11 is 0. The number of esters is 1. The molecule has 0 unspecified atom stereocenters. The molecule has 1 heterocycles. The lowest BCUT2D eigenvalue weighted by molar-refractivity contribution is -0.293. The van der Waals surface area contributed by atoms with Gasteiger partial charge in [-0.05, 0) is 47.5 Å². The zero-order valence-corrected chi connectivity index (χ0v) is 10.9. The molecule has 0 N–H and O–H groups in total. The number of rotatable bonds is 2. The van der Waals surface area contributed by atoms with E-state index >= 15 is 0 Å². The predicted octanol–water partition coefficient (Wildman–Crippen LogP) is 2.16. The maximum Gasteiger partial charge on any atom is 0.309 e. The van der Waals surface area contributed by atoms with Crippen LogP contribution in [0.1, 0.15) is 47.5 Å². The van der Waals surface area contributed by atoms with E-state index in [4.69, 9.17) is 4.74 Å². The second kappa shape index (κ2) is 4.34. The third kappa shape index (κ3) is 2.55. The van der Waals surface area contributed by atoms with Crippen molar-refractivity contribution in [1.29, 1.82) is 0 Å². The van der Waals surface area contributed by atoms with Gasteiger partial charge in [0, 0.05) is 11.1 Å². The lowest BCUT2D eigenvalue weighted by Gasteiger charge is -2.49. The Balaban J connectivity index is 2.82. The van der Waals surface area contributed by atoms with Gasteiger partial charge in [0.15, 0.2) is 0 Å². The van der Waals surface area contributed by atoms with Gasteiger partial charge in [0.2, 0.25) is 0 Å². The molecule has 16 heavy (non-hydrogen) atoms. The van der Waals surface area contributed by atoms with Gasteiger partial charge in [-0.1, -0.05) is 0 Å². The van der Waals surface area contributed by atoms with E-state index in [0.717, 1.165) is 5.06 Å². The van der Waals surface area contributed by atoms with E-state index in [2.05, 4.69) is 0 Å². The lowest BCUT2D eigenvalue weighted by atomic mass is 9.75. The van der Waals surface area contributed by atoms with E-state index < -0.39 is 11.1 Å². The number of hydroxylamine groups is 2. The summed E-state index contributed by atoms with van der Waals surface area (Å²) < 4.78 is 5.04. The van der Waals surface area contributed by atoms with Crippen LogP contribution in [0.4, 0.5) is 0 Å². The fourth-order valence-corrected chi connectivity index (χ4v) is 2.69. The van der Waals surface area contributed by atoms with Crippen molar-refractivity contribution in [3.63, 3.8) is 0 Å². The zero-order valence-electron chi connectivity index (χ0n) is 10.9. The highest BCUT2D eigenvalue weighted by molar-refractivity contribution is 5.72. The first-order valence-electron chi connectivity index (χ1n) is 5.85. The first-order chi connectivity index (χ1) is 7.20. The Morgan fingerprint density at radius 3 is 2.06 bits per heavy atom. The van der Waals surface area contributed by atoms with Crippen LogP contribution >= 0.6 is 0 Å². The van der Waals surface area contributed by atoms with E-state index in [1.54, 1.807) is 6.92 Å². The average molecular weight is 228 g/mol. The maximum absolute atomic E-state index is 12.1. The van der Waals surface area contributed by atoms with Crippen molar-refractivity contribution in [2.75, 3.05) is 6.61 Å². The molecule has 1 saturated heterocycles. The molecule has 0 bridgehead atoms. The van der Waals surface area contributed by atoms with Gasteiger partial charge in [-0.15, -0.1) is 10.3 Å². The Kier molecular flexibility index (Phi) is 3.65. The first-order valence-corrected chi connectivity index (χ1v) is 5.85. The van der Waals surface area contributed by atoms with Crippen molar-refractivity contribution in [3.8, 4) is 0 Å². The molecule has 0 aliphatic carbocycles. The van der Waals surface area contributed by atoms with Crippen LogP contribution in [-0.4, -0.2) is 28.7 Å². The van der Waals surface area contributed by atoms with Crippen molar-refractivity contribution >= 4 is 5.97 Å². The Morgan fingerprint density at radius 2 is 1.69 bits per heavy atom. The number of piperidine rings is 1. The highest BCUT2D eigenvalue weighted by Gasteiger charge is 2.48. The van der Waals surface area contributed by atoms with Crippen LogP contribution < -0.4 is 0 Å². The molecule has 4 heteroatoms. The van der Waals surface area contributed by atoms with Gasteiger partial charge in [0.25, 0.3) is 0 Å². The van der Waals surface area contributed by atoms with Crippen LogP contribution in [0.5, 0.6) is 0 Å². The van der Waals surface area contributed by atoms with Gasteiger partial charge < -0.3 is 4.74 Å². The van der Waals surface area contributed by atoms with E-state index in [1.807, 2.05) is 27.7 Å². The molecule has 0 aromatic carbocycles. The average Bonchev–Trinajstić information content (AvgIpc) is 2.13. The summed E-state index contributed by atoms with van der Waals surface area (Å²) in [6, 6.07) is 0. The molecular weight excluding hydrogens is 206 g/mol. The number of hydrogen-bond acceptors (Lipinski definition) is 3. The normalized spacial score (nSPS) is 25.4. The van der Waals surface area contributed by atoms with Gasteiger partial charge in [0.05, 0.1) is 12.5 Å². The molecule has 0 amide bonds. The highest BCUT2D eigenvalue weighted by Crippen LogP contribution is 2.40. The number of nitrogens with zero attached hydrogens (tertiary/aromatic N) is 1. The summed E-state index contributed by atoms with van der Waals surface area (Å²) in [4.78, 5) is 11.7. The summed E-state index contributed by atoms with van der Waals surface area (Å²) in [6.07, 6.45) is 1.14. The molecular formula is C12H22NO3. The van der Waals surface area contributed by atoms with Gasteiger partial charge in [0.1, 0.15) is 0 Å². The van der Waals surface area contributed by atoms with E-state index in [0.29, 0.717) is 19.4 Å². The number of carbonyl (C=O) groups is 1. The molecule has 1 aliphatic heterocycles. The largest absolute Gasteiger partial charge is 0.466 e. The number of ether oxygens (including phenoxy) is 1. The van der Waals surface area contributed by atoms with Crippen molar-refractivity contribution in [2.45, 2.75) is 58.5 Å². The van der Waals surface area contributed by atoms with E-state index in [9.17, 15) is 10.0 Å². The standard InChI is InChI=1S/C12H22NO3/c1-6-16-10(14)9-7-11(2,3)13(15)12(4,5)8-9/h9H,6-8H2,1-5H3. The third-order valence-electron chi connectivity index (χ3n) is 3.21. The zero-order chi connectivity index (χ0) is 12.6. The van der Waals surface area contributed by atoms with Gasteiger partial charge in [-0.2, -0.15) is 0 Å². The van der Waals surface area contributed by atoms with Crippen LogP contribution in [0.2, 0.25) is 0 Å². The Bertz CT molecular complexity index is 255. The van der Waals surface area contributed by atoms with E-state index in [-0.39, 0.29) is 11.9 Å². The molecule has 4 nitrogen and oxygen atoms in total. The molecule has 0 spiro atoms. The summed E-state index contributed by atoms with van der Waals surface area (Å²) in [5, 5.41) is 13.2. The second-order valence-electron chi connectivity index (χ2n) is 5.78. The van der Waals surface area contributed by atoms with Gasteiger partial charge >= 0.3 is 5.97 Å². The predicted molar refractivity (Wildman–Crippen MR) is 60.0 cm³/mol. The second-order valence-corrected chi connectivity index (χ2v) is 5.78. The summed E-state index contributed by atoms with van der Waals surface area (Å²) in [5.74, 6) is -0.327. The molecule has 1 fully saturated rings. The van der Waals surface area contributed by atoms with Crippen LogP contribution in [0.25, 0.3) is 0 Å². The maximum atomic E-state index is 12.1. The Labute approximate surface area is 97.5 Å².